The zero-order valence-electron chi connectivity index (χ0n) is 21.7. The molecule has 1 amide bonds. The number of carbonyl (C=O) groups is 1. The number of amides is 1. The average Bonchev–Trinajstić information content (AvgIpc) is 3.36. The lowest BCUT2D eigenvalue weighted by atomic mass is 10.0. The van der Waals surface area contributed by atoms with Gasteiger partial charge in [0.2, 0.25) is 5.91 Å². The van der Waals surface area contributed by atoms with E-state index < -0.39 is 0 Å². The van der Waals surface area contributed by atoms with Gasteiger partial charge < -0.3 is 29.7 Å². The van der Waals surface area contributed by atoms with Crippen molar-refractivity contribution >= 4 is 44.4 Å². The molecule has 2 aliphatic heterocycles. The van der Waals surface area contributed by atoms with E-state index in [1.165, 1.54) is 0 Å². The van der Waals surface area contributed by atoms with Crippen LogP contribution in [0.25, 0.3) is 22.6 Å². The number of anilines is 2. The van der Waals surface area contributed by atoms with Crippen LogP contribution >= 0.6 is 15.9 Å². The van der Waals surface area contributed by atoms with Crippen molar-refractivity contribution in [2.75, 3.05) is 69.2 Å². The fourth-order valence-corrected chi connectivity index (χ4v) is 5.52. The molecule has 0 radical (unpaired) electrons. The van der Waals surface area contributed by atoms with Gasteiger partial charge in [-0.25, -0.2) is 9.97 Å². The molecule has 2 N–H and O–H groups in total. The van der Waals surface area contributed by atoms with Crippen molar-refractivity contribution in [1.82, 2.24) is 24.8 Å². The zero-order valence-corrected chi connectivity index (χ0v) is 23.3. The van der Waals surface area contributed by atoms with E-state index in [2.05, 4.69) is 72.2 Å². The summed E-state index contributed by atoms with van der Waals surface area (Å²) in [6.45, 7) is 11.4. The summed E-state index contributed by atoms with van der Waals surface area (Å²) in [5.74, 6) is 0.928. The molecule has 0 saturated carbocycles. The third kappa shape index (κ3) is 5.91. The molecule has 0 spiro atoms. The van der Waals surface area contributed by atoms with Crippen LogP contribution in [0.15, 0.2) is 34.9 Å². The normalized spacial score (nSPS) is 17.6. The fourth-order valence-electron chi connectivity index (χ4n) is 5.12. The number of hydrogen-bond donors (Lipinski definition) is 2. The van der Waals surface area contributed by atoms with Crippen LogP contribution in [-0.4, -0.2) is 95.7 Å². The van der Waals surface area contributed by atoms with Crippen LogP contribution < -0.4 is 10.2 Å². The summed E-state index contributed by atoms with van der Waals surface area (Å²) in [6, 6.07) is 8.67. The van der Waals surface area contributed by atoms with Crippen molar-refractivity contribution in [3.05, 3.63) is 34.9 Å². The number of rotatable bonds is 9. The standard InChI is InChI=1S/C27H36BrN7O2/c1-3-33-11-9-20(10-12-33)30-24-22(28)17-29-27-25(24)31-26(32-27)19-5-7-21(8-6-19)35-14-13-34(23(36)18-35)15-16-37-4-2/h5-8,17,20H,3-4,9-16,18H2,1-2H3,(H2,29,30,31,32). The van der Waals surface area contributed by atoms with Crippen LogP contribution in [0.5, 0.6) is 0 Å². The number of piperazine rings is 1. The fraction of sp³-hybridized carbons (Fsp3) is 0.519. The number of imidazole rings is 1. The largest absolute Gasteiger partial charge is 0.380 e. The summed E-state index contributed by atoms with van der Waals surface area (Å²) in [6.07, 6.45) is 4.07. The van der Waals surface area contributed by atoms with Crippen molar-refractivity contribution in [3.63, 3.8) is 0 Å². The Labute approximate surface area is 226 Å². The Kier molecular flexibility index (Phi) is 8.26. The first-order valence-electron chi connectivity index (χ1n) is 13.3. The highest BCUT2D eigenvalue weighted by atomic mass is 79.9. The van der Waals surface area contributed by atoms with Crippen molar-refractivity contribution in [2.24, 2.45) is 0 Å². The summed E-state index contributed by atoms with van der Waals surface area (Å²) >= 11 is 3.68. The first-order chi connectivity index (χ1) is 18.1. The SMILES string of the molecule is CCOCCN1CCN(c2ccc(-c3nc4c(NC5CCN(CC)CC5)c(Br)cnc4[nH]3)cc2)CC1=O. The molecule has 2 aromatic heterocycles. The lowest BCUT2D eigenvalue weighted by Crippen LogP contribution is -2.51. The maximum atomic E-state index is 12.6. The zero-order chi connectivity index (χ0) is 25.8. The van der Waals surface area contributed by atoms with Gasteiger partial charge in [-0.3, -0.25) is 4.79 Å². The number of ether oxygens (including phenoxy) is 1. The Balaban J connectivity index is 1.28. The van der Waals surface area contributed by atoms with Crippen LogP contribution in [0.2, 0.25) is 0 Å². The second-order valence-electron chi connectivity index (χ2n) is 9.66. The highest BCUT2D eigenvalue weighted by Gasteiger charge is 2.24. The van der Waals surface area contributed by atoms with Gasteiger partial charge in [-0.1, -0.05) is 6.92 Å². The second-order valence-corrected chi connectivity index (χ2v) is 10.5. The van der Waals surface area contributed by atoms with E-state index in [1.807, 2.05) is 18.0 Å². The maximum Gasteiger partial charge on any atom is 0.242 e. The topological polar surface area (TPSA) is 89.6 Å². The first-order valence-corrected chi connectivity index (χ1v) is 14.1. The van der Waals surface area contributed by atoms with Crippen molar-refractivity contribution in [1.29, 1.82) is 0 Å². The molecule has 0 atom stereocenters. The molecule has 2 aliphatic rings. The van der Waals surface area contributed by atoms with E-state index in [0.717, 1.165) is 77.4 Å². The summed E-state index contributed by atoms with van der Waals surface area (Å²) in [4.78, 5) is 32.0. The molecule has 0 unspecified atom stereocenters. The van der Waals surface area contributed by atoms with Gasteiger partial charge in [0.15, 0.2) is 5.65 Å². The molecule has 0 aliphatic carbocycles. The number of pyridine rings is 1. The monoisotopic (exact) mass is 569 g/mol. The van der Waals surface area contributed by atoms with E-state index in [1.54, 1.807) is 0 Å². The maximum absolute atomic E-state index is 12.6. The minimum absolute atomic E-state index is 0.143. The Bertz CT molecular complexity index is 1210. The highest BCUT2D eigenvalue weighted by Crippen LogP contribution is 2.33. The number of fused-ring (bicyclic) bond motifs is 1. The average molecular weight is 571 g/mol. The molecular weight excluding hydrogens is 534 g/mol. The Hall–Kier alpha value is -2.69. The number of nitrogens with one attached hydrogen (secondary N) is 2. The molecule has 10 heteroatoms. The number of aromatic amines is 1. The smallest absolute Gasteiger partial charge is 0.242 e. The number of halogens is 1. The number of piperidine rings is 1. The lowest BCUT2D eigenvalue weighted by molar-refractivity contribution is -0.131. The minimum atomic E-state index is 0.143. The molecule has 9 nitrogen and oxygen atoms in total. The molecule has 37 heavy (non-hydrogen) atoms. The molecule has 2 saturated heterocycles. The van der Waals surface area contributed by atoms with Crippen LogP contribution in [0.4, 0.5) is 11.4 Å². The van der Waals surface area contributed by atoms with Crippen molar-refractivity contribution in [2.45, 2.75) is 32.7 Å². The third-order valence-corrected chi connectivity index (χ3v) is 7.99. The molecule has 3 aromatic rings. The number of H-pyrrole nitrogens is 1. The lowest BCUT2D eigenvalue weighted by Gasteiger charge is -2.35. The van der Waals surface area contributed by atoms with E-state index in [4.69, 9.17) is 9.72 Å². The quantitative estimate of drug-likeness (QED) is 0.377. The number of benzene rings is 1. The minimum Gasteiger partial charge on any atom is -0.380 e. The molecule has 4 heterocycles. The van der Waals surface area contributed by atoms with Gasteiger partial charge >= 0.3 is 0 Å². The van der Waals surface area contributed by atoms with E-state index >= 15 is 0 Å². The van der Waals surface area contributed by atoms with E-state index in [0.29, 0.717) is 38.9 Å². The number of carbonyl (C=O) groups excluding carboxylic acids is 1. The van der Waals surface area contributed by atoms with Crippen molar-refractivity contribution in [3.8, 4) is 11.4 Å². The first kappa shape index (κ1) is 25.9. The molecule has 198 valence electrons. The van der Waals surface area contributed by atoms with Crippen LogP contribution in [0.1, 0.15) is 26.7 Å². The number of likely N-dealkylation sites (tertiary alicyclic amines) is 1. The Morgan fingerprint density at radius 2 is 1.92 bits per heavy atom. The van der Waals surface area contributed by atoms with Crippen LogP contribution in [0, 0.1) is 0 Å². The highest BCUT2D eigenvalue weighted by molar-refractivity contribution is 9.10. The van der Waals surface area contributed by atoms with Gasteiger partial charge in [0, 0.05) is 62.8 Å². The number of aromatic nitrogens is 3. The van der Waals surface area contributed by atoms with Gasteiger partial charge in [0.05, 0.1) is 23.3 Å². The second kappa shape index (κ2) is 11.8. The Morgan fingerprint density at radius 3 is 2.62 bits per heavy atom. The summed E-state index contributed by atoms with van der Waals surface area (Å²) < 4.78 is 6.33. The van der Waals surface area contributed by atoms with Crippen molar-refractivity contribution < 1.29 is 9.53 Å². The predicted octanol–water partition coefficient (Wildman–Crippen LogP) is 3.97. The molecule has 2 fully saturated rings. The molecule has 0 bridgehead atoms. The van der Waals surface area contributed by atoms with E-state index in [-0.39, 0.29) is 5.91 Å². The summed E-state index contributed by atoms with van der Waals surface area (Å²) in [5, 5.41) is 3.73. The van der Waals surface area contributed by atoms with Gasteiger partial charge in [-0.2, -0.15) is 0 Å². The summed E-state index contributed by atoms with van der Waals surface area (Å²) in [5.41, 5.74) is 4.64. The van der Waals surface area contributed by atoms with Gasteiger partial charge in [-0.05, 0) is 66.5 Å². The van der Waals surface area contributed by atoms with E-state index in [9.17, 15) is 4.79 Å². The molecular formula is C27H36BrN7O2. The summed E-state index contributed by atoms with van der Waals surface area (Å²) in [7, 11) is 0. The van der Waals surface area contributed by atoms with Gasteiger partial charge in [0.25, 0.3) is 0 Å². The van der Waals surface area contributed by atoms with Crippen LogP contribution in [0.3, 0.4) is 0 Å². The molecule has 1 aromatic carbocycles. The van der Waals surface area contributed by atoms with Crippen LogP contribution in [-0.2, 0) is 9.53 Å². The number of hydrogen-bond acceptors (Lipinski definition) is 7. The van der Waals surface area contributed by atoms with Gasteiger partial charge in [0.1, 0.15) is 11.3 Å². The van der Waals surface area contributed by atoms with Gasteiger partial charge in [-0.15, -0.1) is 0 Å². The predicted molar refractivity (Wildman–Crippen MR) is 151 cm³/mol. The third-order valence-electron chi connectivity index (χ3n) is 7.38. The number of nitrogens with zero attached hydrogens (tertiary/aromatic N) is 5. The Morgan fingerprint density at radius 1 is 1.14 bits per heavy atom. The molecule has 5 rings (SSSR count).